The number of nitrogens with zero attached hydrogens (tertiary/aromatic N) is 6. The van der Waals surface area contributed by atoms with Gasteiger partial charge in [-0.1, -0.05) is 30.3 Å². The number of aliphatic hydroxyl groups excluding tert-OH is 1. The number of likely N-dealkylation sites (N-methyl/N-ethyl adjacent to an activating group) is 1. The molecule has 9 nitrogen and oxygen atoms in total. The molecule has 1 amide bonds. The summed E-state index contributed by atoms with van der Waals surface area (Å²) in [5.41, 5.74) is 3.15. The molecule has 4 aromatic rings. The van der Waals surface area contributed by atoms with Crippen molar-refractivity contribution in [3.05, 3.63) is 60.4 Å². The molecule has 1 aliphatic rings. The fraction of sp³-hybridized carbons (Fsp3) is 0.261. The van der Waals surface area contributed by atoms with Crippen LogP contribution in [0.15, 0.2) is 60.4 Å². The van der Waals surface area contributed by atoms with E-state index in [-0.39, 0.29) is 5.91 Å². The first kappa shape index (κ1) is 24.4. The van der Waals surface area contributed by atoms with Crippen LogP contribution >= 0.6 is 11.3 Å². The summed E-state index contributed by atoms with van der Waals surface area (Å²) in [7, 11) is 1.69. The summed E-state index contributed by atoms with van der Waals surface area (Å²) in [5, 5.41) is 18.4. The van der Waals surface area contributed by atoms with Gasteiger partial charge in [0.25, 0.3) is 12.3 Å². The third kappa shape index (κ3) is 6.43. The minimum Gasteiger partial charge on any atom is -0.383 e. The predicted octanol–water partition coefficient (Wildman–Crippen LogP) is 3.68. The number of thiazole rings is 1. The Kier molecular flexibility index (Phi) is 7.73. The number of hydrogen-bond donors (Lipinski definition) is 2. The number of aromatic nitrogens is 5. The number of nitrogens with one attached hydrogen (secondary N) is 1. The van der Waals surface area contributed by atoms with E-state index in [1.165, 1.54) is 33.3 Å². The molecule has 0 saturated carbocycles. The second-order valence-electron chi connectivity index (χ2n) is 7.70. The first-order chi connectivity index (χ1) is 16.9. The number of anilines is 2. The normalized spacial score (nSPS) is 15.3. The SMILES string of the molecule is CN1CCC(O)C1=O.FC(F)Cn1cc(Nc2nccc(-c3nc(-c4ccccc4)cs3)n2)cn1. The lowest BCUT2D eigenvalue weighted by atomic mass is 10.2. The van der Waals surface area contributed by atoms with Gasteiger partial charge in [0.15, 0.2) is 0 Å². The van der Waals surface area contributed by atoms with Gasteiger partial charge in [-0.15, -0.1) is 11.3 Å². The van der Waals surface area contributed by atoms with E-state index in [1.54, 1.807) is 19.3 Å². The van der Waals surface area contributed by atoms with Crippen LogP contribution in [0.4, 0.5) is 20.4 Å². The lowest BCUT2D eigenvalue weighted by Crippen LogP contribution is -2.24. The fourth-order valence-corrected chi connectivity index (χ4v) is 4.07. The molecule has 1 aliphatic heterocycles. The first-order valence-corrected chi connectivity index (χ1v) is 11.6. The lowest BCUT2D eigenvalue weighted by Gasteiger charge is -2.04. The van der Waals surface area contributed by atoms with Gasteiger partial charge in [0.05, 0.1) is 17.6 Å². The number of aliphatic hydroxyl groups is 1. The molecule has 2 N–H and O–H groups in total. The summed E-state index contributed by atoms with van der Waals surface area (Å²) in [6.07, 6.45) is 1.97. The molecule has 0 aliphatic carbocycles. The Labute approximate surface area is 204 Å². The third-order valence-electron chi connectivity index (χ3n) is 5.06. The summed E-state index contributed by atoms with van der Waals surface area (Å²) in [5.74, 6) is 0.200. The average molecular weight is 500 g/mol. The molecule has 35 heavy (non-hydrogen) atoms. The number of rotatable bonds is 6. The topological polar surface area (TPSA) is 109 Å². The van der Waals surface area contributed by atoms with Crippen molar-refractivity contribution in [2.24, 2.45) is 0 Å². The van der Waals surface area contributed by atoms with Gasteiger partial charge in [0.1, 0.15) is 23.4 Å². The Balaban J connectivity index is 0.000000308. The summed E-state index contributed by atoms with van der Waals surface area (Å²) < 4.78 is 26.0. The molecule has 1 unspecified atom stereocenters. The van der Waals surface area contributed by atoms with Crippen LogP contribution in [0.25, 0.3) is 22.0 Å². The monoisotopic (exact) mass is 499 g/mol. The second kappa shape index (κ2) is 11.1. The number of hydrogen-bond acceptors (Lipinski definition) is 8. The number of benzene rings is 1. The summed E-state index contributed by atoms with van der Waals surface area (Å²) in [4.78, 5) is 25.4. The number of halogens is 2. The second-order valence-corrected chi connectivity index (χ2v) is 8.56. The number of carbonyl (C=O) groups excluding carboxylic acids is 1. The Hall–Kier alpha value is -3.77. The van der Waals surface area contributed by atoms with Gasteiger partial charge in [-0.3, -0.25) is 9.48 Å². The van der Waals surface area contributed by atoms with E-state index in [0.29, 0.717) is 30.3 Å². The van der Waals surface area contributed by atoms with E-state index in [2.05, 4.69) is 25.4 Å². The highest BCUT2D eigenvalue weighted by atomic mass is 32.1. The minimum absolute atomic E-state index is 0.148. The molecule has 1 saturated heterocycles. The number of likely N-dealkylation sites (tertiary alicyclic amines) is 1. The van der Waals surface area contributed by atoms with E-state index < -0.39 is 19.1 Å². The summed E-state index contributed by atoms with van der Waals surface area (Å²) in [6, 6.07) is 11.7. The van der Waals surface area contributed by atoms with Gasteiger partial charge < -0.3 is 15.3 Å². The van der Waals surface area contributed by atoms with Crippen LogP contribution in [-0.4, -0.2) is 66.8 Å². The van der Waals surface area contributed by atoms with Gasteiger partial charge in [0, 0.05) is 36.9 Å². The van der Waals surface area contributed by atoms with E-state index in [9.17, 15) is 13.6 Å². The highest BCUT2D eigenvalue weighted by molar-refractivity contribution is 7.13. The number of alkyl halides is 2. The zero-order chi connectivity index (χ0) is 24.8. The lowest BCUT2D eigenvalue weighted by molar-refractivity contribution is -0.133. The molecular formula is C23H23F2N7O2S. The highest BCUT2D eigenvalue weighted by Crippen LogP contribution is 2.28. The minimum atomic E-state index is -2.46. The van der Waals surface area contributed by atoms with Crippen LogP contribution < -0.4 is 5.32 Å². The van der Waals surface area contributed by atoms with E-state index >= 15 is 0 Å². The summed E-state index contributed by atoms with van der Waals surface area (Å²) in [6.45, 7) is 0.240. The maximum absolute atomic E-state index is 12.4. The largest absolute Gasteiger partial charge is 0.383 e. The molecule has 0 bridgehead atoms. The van der Waals surface area contributed by atoms with Gasteiger partial charge in [-0.25, -0.2) is 23.7 Å². The molecule has 182 valence electrons. The van der Waals surface area contributed by atoms with Crippen molar-refractivity contribution in [1.29, 1.82) is 0 Å². The molecule has 1 atom stereocenters. The van der Waals surface area contributed by atoms with Crippen molar-refractivity contribution in [3.63, 3.8) is 0 Å². The highest BCUT2D eigenvalue weighted by Gasteiger charge is 2.26. The maximum atomic E-state index is 12.4. The zero-order valence-electron chi connectivity index (χ0n) is 18.8. The molecule has 4 heterocycles. The third-order valence-corrected chi connectivity index (χ3v) is 5.93. The number of carbonyl (C=O) groups is 1. The van der Waals surface area contributed by atoms with E-state index in [0.717, 1.165) is 16.3 Å². The van der Waals surface area contributed by atoms with Crippen LogP contribution in [0.3, 0.4) is 0 Å². The van der Waals surface area contributed by atoms with Gasteiger partial charge >= 0.3 is 0 Å². The van der Waals surface area contributed by atoms with Crippen molar-refractivity contribution in [1.82, 2.24) is 29.6 Å². The molecular weight excluding hydrogens is 476 g/mol. The van der Waals surface area contributed by atoms with Crippen molar-refractivity contribution in [3.8, 4) is 22.0 Å². The Morgan fingerprint density at radius 3 is 2.66 bits per heavy atom. The van der Waals surface area contributed by atoms with Crippen molar-refractivity contribution in [2.45, 2.75) is 25.5 Å². The van der Waals surface area contributed by atoms with Crippen molar-refractivity contribution in [2.75, 3.05) is 18.9 Å². The van der Waals surface area contributed by atoms with E-state index in [1.807, 2.05) is 35.7 Å². The first-order valence-electron chi connectivity index (χ1n) is 10.7. The van der Waals surface area contributed by atoms with Crippen LogP contribution in [0, 0.1) is 0 Å². The smallest absolute Gasteiger partial charge is 0.257 e. The van der Waals surface area contributed by atoms with Crippen molar-refractivity contribution >= 4 is 28.9 Å². The molecule has 1 aromatic carbocycles. The Bertz CT molecular complexity index is 1250. The molecule has 12 heteroatoms. The zero-order valence-corrected chi connectivity index (χ0v) is 19.6. The van der Waals surface area contributed by atoms with Gasteiger partial charge in [-0.05, 0) is 12.5 Å². The Morgan fingerprint density at radius 2 is 2.00 bits per heavy atom. The quantitative estimate of drug-likeness (QED) is 0.417. The van der Waals surface area contributed by atoms with Crippen LogP contribution in [-0.2, 0) is 11.3 Å². The number of amides is 1. The molecule has 1 fully saturated rings. The molecule has 0 radical (unpaired) electrons. The fourth-order valence-electron chi connectivity index (χ4n) is 3.27. The van der Waals surface area contributed by atoms with Crippen molar-refractivity contribution < 1.29 is 18.7 Å². The molecule has 0 spiro atoms. The molecule has 5 rings (SSSR count). The maximum Gasteiger partial charge on any atom is 0.257 e. The van der Waals surface area contributed by atoms with Crippen LogP contribution in [0.2, 0.25) is 0 Å². The average Bonchev–Trinajstić information content (AvgIpc) is 3.58. The summed E-state index contributed by atoms with van der Waals surface area (Å²) >= 11 is 1.49. The standard InChI is InChI=1S/C18H14F2N6S.C5H9NO2/c19-16(20)10-26-9-13(8-22-26)23-18-21-7-6-14(25-18)17-24-15(11-27-17)12-4-2-1-3-5-12;1-6-3-2-4(7)5(6)8/h1-9,11,16H,10H2,(H,21,23,25);4,7H,2-3H2,1H3. The van der Waals surface area contributed by atoms with Crippen LogP contribution in [0.5, 0.6) is 0 Å². The molecule has 3 aromatic heterocycles. The Morgan fingerprint density at radius 1 is 1.20 bits per heavy atom. The van der Waals surface area contributed by atoms with Crippen LogP contribution in [0.1, 0.15) is 6.42 Å². The van der Waals surface area contributed by atoms with E-state index in [4.69, 9.17) is 5.11 Å². The predicted molar refractivity (Wildman–Crippen MR) is 128 cm³/mol. The van der Waals surface area contributed by atoms with Gasteiger partial charge in [0.2, 0.25) is 5.95 Å². The van der Waals surface area contributed by atoms with Gasteiger partial charge in [-0.2, -0.15) is 5.10 Å².